The summed E-state index contributed by atoms with van der Waals surface area (Å²) in [6.07, 6.45) is 0.906. The largest absolute Gasteiger partial charge is 0.486 e. The number of nitrogens with zero attached hydrogens (tertiary/aromatic N) is 2. The van der Waals surface area contributed by atoms with Gasteiger partial charge in [-0.25, -0.2) is 0 Å². The van der Waals surface area contributed by atoms with Gasteiger partial charge in [-0.3, -0.25) is 0 Å². The normalized spacial score (nSPS) is 10.6. The summed E-state index contributed by atoms with van der Waals surface area (Å²) in [7, 11) is 1.70. The first-order valence-corrected chi connectivity index (χ1v) is 6.66. The monoisotopic (exact) mass is 284 g/mol. The number of ether oxygens (including phenoxy) is 2. The lowest BCUT2D eigenvalue weighted by molar-refractivity contribution is 0.202. The van der Waals surface area contributed by atoms with Gasteiger partial charge < -0.3 is 9.47 Å². The Morgan fingerprint density at radius 3 is 2.61 bits per heavy atom. The highest BCUT2D eigenvalue weighted by atomic mass is 35.5. The van der Waals surface area contributed by atoms with Crippen molar-refractivity contribution in [3.8, 4) is 5.75 Å². The Kier molecular flexibility index (Phi) is 4.92. The summed E-state index contributed by atoms with van der Waals surface area (Å²) in [4.78, 5) is 0. The zero-order valence-electron chi connectivity index (χ0n) is 9.93. The minimum Gasteiger partial charge on any atom is -0.486 e. The molecule has 2 rings (SSSR count). The third kappa shape index (κ3) is 3.94. The van der Waals surface area contributed by atoms with E-state index in [1.165, 1.54) is 16.9 Å². The molecular formula is C12H13ClN2O2S. The van der Waals surface area contributed by atoms with E-state index in [4.69, 9.17) is 21.1 Å². The van der Waals surface area contributed by atoms with Gasteiger partial charge in [0.15, 0.2) is 5.01 Å². The smallest absolute Gasteiger partial charge is 0.207 e. The van der Waals surface area contributed by atoms with Crippen molar-refractivity contribution < 1.29 is 9.47 Å². The minimum absolute atomic E-state index is 0.391. The molecule has 0 aliphatic rings. The molecule has 0 N–H and O–H groups in total. The number of hydrogen-bond acceptors (Lipinski definition) is 5. The zero-order chi connectivity index (χ0) is 12.8. The van der Waals surface area contributed by atoms with Gasteiger partial charge in [0.1, 0.15) is 12.4 Å². The molecule has 0 radical (unpaired) electrons. The fourth-order valence-electron chi connectivity index (χ4n) is 1.41. The molecule has 2 aromatic rings. The van der Waals surface area contributed by atoms with E-state index in [2.05, 4.69) is 10.2 Å². The molecule has 0 fully saturated rings. The Bertz CT molecular complexity index is 487. The lowest BCUT2D eigenvalue weighted by Crippen LogP contribution is -1.96. The molecule has 0 aliphatic carbocycles. The molecule has 96 valence electrons. The first-order valence-electron chi connectivity index (χ1n) is 5.46. The molecule has 0 saturated carbocycles. The molecular weight excluding hydrogens is 272 g/mol. The van der Waals surface area contributed by atoms with Crippen molar-refractivity contribution in [3.05, 3.63) is 39.3 Å². The summed E-state index contributed by atoms with van der Waals surface area (Å²) in [5, 5.41) is 8.37. The highest BCUT2D eigenvalue weighted by Crippen LogP contribution is 2.18. The number of rotatable bonds is 6. The van der Waals surface area contributed by atoms with Crippen LogP contribution in [0, 0.1) is 0 Å². The summed E-state index contributed by atoms with van der Waals surface area (Å²) in [6.45, 7) is 1.12. The van der Waals surface area contributed by atoms with Crippen molar-refractivity contribution >= 4 is 22.9 Å². The second-order valence-electron chi connectivity index (χ2n) is 3.62. The van der Waals surface area contributed by atoms with Gasteiger partial charge in [-0.2, -0.15) is 0 Å². The van der Waals surface area contributed by atoms with Gasteiger partial charge in [-0.05, 0) is 35.7 Å². The molecule has 1 aromatic carbocycles. The Morgan fingerprint density at radius 1 is 1.22 bits per heavy atom. The summed E-state index contributed by atoms with van der Waals surface area (Å²) in [5.41, 5.74) is 1.23. The van der Waals surface area contributed by atoms with Gasteiger partial charge in [0.05, 0.1) is 6.61 Å². The van der Waals surface area contributed by atoms with Crippen LogP contribution in [-0.4, -0.2) is 23.9 Å². The maximum absolute atomic E-state index is 5.69. The third-order valence-electron chi connectivity index (χ3n) is 2.32. The Balaban J connectivity index is 1.86. The first-order chi connectivity index (χ1) is 8.78. The van der Waals surface area contributed by atoms with Gasteiger partial charge >= 0.3 is 0 Å². The van der Waals surface area contributed by atoms with E-state index in [9.17, 15) is 0 Å². The van der Waals surface area contributed by atoms with Gasteiger partial charge in [0, 0.05) is 7.11 Å². The molecule has 0 aliphatic heterocycles. The number of halogens is 1. The summed E-state index contributed by atoms with van der Waals surface area (Å²) < 4.78 is 11.0. The maximum Gasteiger partial charge on any atom is 0.207 e. The second kappa shape index (κ2) is 6.68. The topological polar surface area (TPSA) is 44.2 Å². The molecule has 1 aromatic heterocycles. The highest BCUT2D eigenvalue weighted by molar-refractivity contribution is 7.15. The lowest BCUT2D eigenvalue weighted by Gasteiger charge is -2.05. The molecule has 0 atom stereocenters. The van der Waals surface area contributed by atoms with Gasteiger partial charge in [-0.1, -0.05) is 23.5 Å². The standard InChI is InChI=1S/C12H13ClN2O2S/c1-16-7-6-9-2-4-10(5-3-9)17-8-11-14-15-12(13)18-11/h2-5H,6-8H2,1H3. The van der Waals surface area contributed by atoms with Crippen LogP contribution in [0.5, 0.6) is 5.75 Å². The van der Waals surface area contributed by atoms with Crippen molar-refractivity contribution in [1.82, 2.24) is 10.2 Å². The first kappa shape index (κ1) is 13.3. The zero-order valence-corrected chi connectivity index (χ0v) is 11.5. The summed E-state index contributed by atoms with van der Waals surface area (Å²) in [5.74, 6) is 0.808. The Hall–Kier alpha value is -1.17. The molecule has 6 heteroatoms. The molecule has 1 heterocycles. The third-order valence-corrected chi connectivity index (χ3v) is 3.31. The van der Waals surface area contributed by atoms with E-state index in [1.54, 1.807) is 7.11 Å². The fraction of sp³-hybridized carbons (Fsp3) is 0.333. The fourth-order valence-corrected chi connectivity index (χ4v) is 2.19. The van der Waals surface area contributed by atoms with Crippen LogP contribution in [0.25, 0.3) is 0 Å². The van der Waals surface area contributed by atoms with Crippen molar-refractivity contribution in [2.75, 3.05) is 13.7 Å². The minimum atomic E-state index is 0.391. The van der Waals surface area contributed by atoms with Crippen molar-refractivity contribution in [2.45, 2.75) is 13.0 Å². The van der Waals surface area contributed by atoms with Crippen LogP contribution < -0.4 is 4.74 Å². The Labute approximate surface area is 115 Å². The summed E-state index contributed by atoms with van der Waals surface area (Å²) in [6, 6.07) is 7.93. The van der Waals surface area contributed by atoms with E-state index in [0.717, 1.165) is 23.8 Å². The molecule has 18 heavy (non-hydrogen) atoms. The number of aromatic nitrogens is 2. The SMILES string of the molecule is COCCc1ccc(OCc2nnc(Cl)s2)cc1. The number of methoxy groups -OCH3 is 1. The van der Waals surface area contributed by atoms with Crippen LogP contribution in [0.1, 0.15) is 10.6 Å². The van der Waals surface area contributed by atoms with E-state index < -0.39 is 0 Å². The van der Waals surface area contributed by atoms with Crippen LogP contribution in [0.15, 0.2) is 24.3 Å². The number of benzene rings is 1. The highest BCUT2D eigenvalue weighted by Gasteiger charge is 2.02. The molecule has 0 saturated heterocycles. The molecule has 0 unspecified atom stereocenters. The van der Waals surface area contributed by atoms with Gasteiger partial charge in [0.2, 0.25) is 4.47 Å². The van der Waals surface area contributed by atoms with Crippen LogP contribution >= 0.6 is 22.9 Å². The Morgan fingerprint density at radius 2 is 2.00 bits per heavy atom. The molecule has 0 amide bonds. The maximum atomic E-state index is 5.69. The number of hydrogen-bond donors (Lipinski definition) is 0. The molecule has 0 spiro atoms. The van der Waals surface area contributed by atoms with Gasteiger partial charge in [0.25, 0.3) is 0 Å². The molecule has 4 nitrogen and oxygen atoms in total. The quantitative estimate of drug-likeness (QED) is 0.818. The van der Waals surface area contributed by atoms with Crippen molar-refractivity contribution in [2.24, 2.45) is 0 Å². The van der Waals surface area contributed by atoms with Crippen LogP contribution in [0.4, 0.5) is 0 Å². The van der Waals surface area contributed by atoms with Crippen molar-refractivity contribution in [3.63, 3.8) is 0 Å². The molecule has 0 bridgehead atoms. The van der Waals surface area contributed by atoms with Crippen molar-refractivity contribution in [1.29, 1.82) is 0 Å². The summed E-state index contributed by atoms with van der Waals surface area (Å²) >= 11 is 7.01. The second-order valence-corrected chi connectivity index (χ2v) is 5.27. The van der Waals surface area contributed by atoms with Crippen LogP contribution in [-0.2, 0) is 17.8 Å². The van der Waals surface area contributed by atoms with Gasteiger partial charge in [-0.15, -0.1) is 10.2 Å². The average Bonchev–Trinajstić information content (AvgIpc) is 2.81. The predicted octanol–water partition coefficient (Wildman–Crippen LogP) is 2.96. The predicted molar refractivity (Wildman–Crippen MR) is 71.3 cm³/mol. The van der Waals surface area contributed by atoms with Crippen LogP contribution in [0.2, 0.25) is 4.47 Å². The lowest BCUT2D eigenvalue weighted by atomic mass is 10.1. The van der Waals surface area contributed by atoms with Crippen LogP contribution in [0.3, 0.4) is 0 Å². The van der Waals surface area contributed by atoms with E-state index in [1.807, 2.05) is 24.3 Å². The van der Waals surface area contributed by atoms with E-state index >= 15 is 0 Å². The van der Waals surface area contributed by atoms with E-state index in [0.29, 0.717) is 11.1 Å². The average molecular weight is 285 g/mol. The van der Waals surface area contributed by atoms with E-state index in [-0.39, 0.29) is 0 Å².